The van der Waals surface area contributed by atoms with E-state index in [9.17, 15) is 0 Å². The molecule has 0 bridgehead atoms. The van der Waals surface area contributed by atoms with E-state index in [1.165, 1.54) is 0 Å². The van der Waals surface area contributed by atoms with Crippen LogP contribution in [-0.2, 0) is 20.1 Å². The Morgan fingerprint density at radius 1 is 1.24 bits per heavy atom. The van der Waals surface area contributed by atoms with E-state index in [-0.39, 0.29) is 5.60 Å². The van der Waals surface area contributed by atoms with E-state index in [0.29, 0.717) is 13.1 Å². The molecule has 25 heavy (non-hydrogen) atoms. The third-order valence-electron chi connectivity index (χ3n) is 3.36. The van der Waals surface area contributed by atoms with Crippen LogP contribution in [0, 0.1) is 0 Å². The number of nitrogens with one attached hydrogen (secondary N) is 2. The predicted octanol–water partition coefficient (Wildman–Crippen LogP) is 2.25. The fraction of sp³-hybridized carbons (Fsp3) is 0.500. The lowest BCUT2D eigenvalue weighted by atomic mass is 10.1. The number of aromatic nitrogens is 3. The third kappa shape index (κ3) is 6.10. The number of guanidine groups is 1. The highest BCUT2D eigenvalue weighted by Crippen LogP contribution is 2.23. The van der Waals surface area contributed by atoms with Crippen molar-refractivity contribution in [2.45, 2.75) is 46.4 Å². The van der Waals surface area contributed by atoms with Gasteiger partial charge in [-0.15, -0.1) is 0 Å². The van der Waals surface area contributed by atoms with Crippen LogP contribution in [-0.4, -0.2) is 32.9 Å². The summed E-state index contributed by atoms with van der Waals surface area (Å²) in [7, 11) is 1.87. The summed E-state index contributed by atoms with van der Waals surface area (Å²) in [6.07, 6.45) is 1.54. The molecule has 0 atom stereocenters. The highest BCUT2D eigenvalue weighted by molar-refractivity contribution is 5.79. The van der Waals surface area contributed by atoms with Gasteiger partial charge in [-0.05, 0) is 33.8 Å². The molecular formula is C18H28N6O. The fourth-order valence-corrected chi connectivity index (χ4v) is 2.21. The van der Waals surface area contributed by atoms with Crippen LogP contribution in [0.2, 0.25) is 0 Å². The average Bonchev–Trinajstić information content (AvgIpc) is 2.95. The summed E-state index contributed by atoms with van der Waals surface area (Å²) in [6, 6.07) is 8.00. The van der Waals surface area contributed by atoms with Crippen molar-refractivity contribution in [3.05, 3.63) is 42.0 Å². The second kappa shape index (κ2) is 8.50. The molecule has 1 aromatic heterocycles. The molecule has 0 saturated heterocycles. The lowest BCUT2D eigenvalue weighted by Gasteiger charge is -2.23. The molecule has 0 fully saturated rings. The van der Waals surface area contributed by atoms with E-state index >= 15 is 0 Å². The Kier molecular flexibility index (Phi) is 6.38. The van der Waals surface area contributed by atoms with Crippen LogP contribution in [0.3, 0.4) is 0 Å². The number of para-hydroxylation sites is 1. The molecule has 0 aliphatic rings. The number of aliphatic imine (C=N–C) groups is 1. The van der Waals surface area contributed by atoms with Crippen molar-refractivity contribution in [3.8, 4) is 5.75 Å². The Morgan fingerprint density at radius 3 is 2.64 bits per heavy atom. The van der Waals surface area contributed by atoms with Crippen molar-refractivity contribution in [1.82, 2.24) is 25.4 Å². The Hall–Kier alpha value is -2.57. The summed E-state index contributed by atoms with van der Waals surface area (Å²) in [5, 5.41) is 10.6. The maximum absolute atomic E-state index is 6.03. The first-order valence-electron chi connectivity index (χ1n) is 8.51. The molecule has 7 nitrogen and oxygen atoms in total. The van der Waals surface area contributed by atoms with E-state index in [2.05, 4.69) is 25.7 Å². The first kappa shape index (κ1) is 18.8. The second-order valence-electron chi connectivity index (χ2n) is 6.67. The first-order valence-corrected chi connectivity index (χ1v) is 8.51. The molecule has 0 spiro atoms. The zero-order chi connectivity index (χ0) is 18.3. The zero-order valence-corrected chi connectivity index (χ0v) is 15.7. The van der Waals surface area contributed by atoms with Crippen LogP contribution in [0.4, 0.5) is 0 Å². The highest BCUT2D eigenvalue weighted by atomic mass is 16.5. The van der Waals surface area contributed by atoms with Crippen LogP contribution in [0.1, 0.15) is 39.1 Å². The molecule has 0 aliphatic heterocycles. The van der Waals surface area contributed by atoms with Crippen molar-refractivity contribution in [2.24, 2.45) is 12.0 Å². The Labute approximate surface area is 149 Å². The van der Waals surface area contributed by atoms with Crippen molar-refractivity contribution in [1.29, 1.82) is 0 Å². The largest absolute Gasteiger partial charge is 0.488 e. The zero-order valence-electron chi connectivity index (χ0n) is 15.7. The Morgan fingerprint density at radius 2 is 2.00 bits per heavy atom. The van der Waals surface area contributed by atoms with Gasteiger partial charge >= 0.3 is 0 Å². The van der Waals surface area contributed by atoms with E-state index in [1.54, 1.807) is 11.0 Å². The van der Waals surface area contributed by atoms with Crippen LogP contribution < -0.4 is 15.4 Å². The predicted molar refractivity (Wildman–Crippen MR) is 99.5 cm³/mol. The standard InChI is InChI=1S/C18H28N6O/c1-6-19-17(21-12-16-22-13-23-24(16)5)20-11-14-9-7-8-10-15(14)25-18(2,3)4/h7-10,13H,6,11-12H2,1-5H3,(H2,19,20,21). The number of aryl methyl sites for hydroxylation is 1. The SMILES string of the molecule is CCNC(=NCc1ccccc1OC(C)(C)C)NCc1ncnn1C. The average molecular weight is 344 g/mol. The number of benzene rings is 1. The molecular weight excluding hydrogens is 316 g/mol. The number of hydrogen-bond donors (Lipinski definition) is 2. The number of ether oxygens (including phenoxy) is 1. The maximum atomic E-state index is 6.03. The molecule has 1 heterocycles. The van der Waals surface area contributed by atoms with Crippen molar-refractivity contribution in [2.75, 3.05) is 6.54 Å². The fourth-order valence-electron chi connectivity index (χ4n) is 2.21. The normalized spacial score (nSPS) is 12.1. The Balaban J connectivity index is 2.07. The summed E-state index contributed by atoms with van der Waals surface area (Å²) in [5.41, 5.74) is 0.807. The molecule has 2 rings (SSSR count). The van der Waals surface area contributed by atoms with Gasteiger partial charge in [0.1, 0.15) is 23.5 Å². The topological polar surface area (TPSA) is 76.4 Å². The van der Waals surface area contributed by atoms with Gasteiger partial charge in [0.2, 0.25) is 0 Å². The highest BCUT2D eigenvalue weighted by Gasteiger charge is 2.14. The van der Waals surface area contributed by atoms with Gasteiger partial charge in [-0.2, -0.15) is 5.10 Å². The lowest BCUT2D eigenvalue weighted by molar-refractivity contribution is 0.129. The van der Waals surface area contributed by atoms with Crippen molar-refractivity contribution in [3.63, 3.8) is 0 Å². The quantitative estimate of drug-likeness (QED) is 0.621. The van der Waals surface area contributed by atoms with Crippen LogP contribution in [0.25, 0.3) is 0 Å². The molecule has 0 aliphatic carbocycles. The molecule has 0 amide bonds. The molecule has 0 saturated carbocycles. The van der Waals surface area contributed by atoms with Crippen LogP contribution in [0.5, 0.6) is 5.75 Å². The van der Waals surface area contributed by atoms with Gasteiger partial charge in [-0.25, -0.2) is 9.98 Å². The van der Waals surface area contributed by atoms with E-state index < -0.39 is 0 Å². The smallest absolute Gasteiger partial charge is 0.191 e. The first-order chi connectivity index (χ1) is 11.9. The number of hydrogen-bond acceptors (Lipinski definition) is 4. The Bertz CT molecular complexity index is 702. The summed E-state index contributed by atoms with van der Waals surface area (Å²) >= 11 is 0. The van der Waals surface area contributed by atoms with Gasteiger partial charge in [0.25, 0.3) is 0 Å². The van der Waals surface area contributed by atoms with Gasteiger partial charge < -0.3 is 15.4 Å². The molecule has 0 radical (unpaired) electrons. The number of rotatable bonds is 6. The van der Waals surface area contributed by atoms with Crippen molar-refractivity contribution >= 4 is 5.96 Å². The lowest BCUT2D eigenvalue weighted by Crippen LogP contribution is -2.37. The maximum Gasteiger partial charge on any atom is 0.191 e. The molecule has 1 aromatic carbocycles. The van der Waals surface area contributed by atoms with Gasteiger partial charge in [-0.3, -0.25) is 4.68 Å². The minimum absolute atomic E-state index is 0.242. The van der Waals surface area contributed by atoms with Gasteiger partial charge in [-0.1, -0.05) is 18.2 Å². The summed E-state index contributed by atoms with van der Waals surface area (Å²) < 4.78 is 7.77. The van der Waals surface area contributed by atoms with E-state index in [0.717, 1.165) is 29.6 Å². The second-order valence-corrected chi connectivity index (χ2v) is 6.67. The van der Waals surface area contributed by atoms with Crippen LogP contribution >= 0.6 is 0 Å². The molecule has 7 heteroatoms. The van der Waals surface area contributed by atoms with E-state index in [1.807, 2.05) is 59.0 Å². The summed E-state index contributed by atoms with van der Waals surface area (Å²) in [5.74, 6) is 2.45. The van der Waals surface area contributed by atoms with Gasteiger partial charge in [0, 0.05) is 19.2 Å². The van der Waals surface area contributed by atoms with E-state index in [4.69, 9.17) is 4.74 Å². The molecule has 0 unspecified atom stereocenters. The molecule has 2 N–H and O–H groups in total. The minimum atomic E-state index is -0.242. The monoisotopic (exact) mass is 344 g/mol. The van der Waals surface area contributed by atoms with Crippen molar-refractivity contribution < 1.29 is 4.74 Å². The van der Waals surface area contributed by atoms with Crippen LogP contribution in [0.15, 0.2) is 35.6 Å². The minimum Gasteiger partial charge on any atom is -0.488 e. The summed E-state index contributed by atoms with van der Waals surface area (Å²) in [4.78, 5) is 8.87. The molecule has 136 valence electrons. The molecule has 2 aromatic rings. The third-order valence-corrected chi connectivity index (χ3v) is 3.36. The number of nitrogens with zero attached hydrogens (tertiary/aromatic N) is 4. The summed E-state index contributed by atoms with van der Waals surface area (Å²) in [6.45, 7) is 10.0. The van der Waals surface area contributed by atoms with Gasteiger partial charge in [0.05, 0.1) is 13.1 Å². The van der Waals surface area contributed by atoms with Gasteiger partial charge in [0.15, 0.2) is 5.96 Å².